The minimum atomic E-state index is -4.62. The third kappa shape index (κ3) is 5.98. The molecule has 1 aliphatic carbocycles. The summed E-state index contributed by atoms with van der Waals surface area (Å²) >= 11 is 0. The number of rotatable bonds is 8. The number of sulfonamides is 1. The maximum atomic E-state index is 13.4. The molecule has 1 aromatic carbocycles. The van der Waals surface area contributed by atoms with Crippen molar-refractivity contribution < 1.29 is 26.4 Å². The van der Waals surface area contributed by atoms with E-state index in [1.807, 2.05) is 13.8 Å². The number of amides is 1. The topological polar surface area (TPSA) is 69.7 Å². The third-order valence-corrected chi connectivity index (χ3v) is 7.65. The van der Waals surface area contributed by atoms with Crippen LogP contribution in [0.25, 0.3) is 0 Å². The molecule has 1 unspecified atom stereocenters. The molecule has 1 saturated heterocycles. The number of nitrogens with one attached hydrogen (secondary N) is 1. The molecule has 31 heavy (non-hydrogen) atoms. The van der Waals surface area contributed by atoms with Gasteiger partial charge in [0.2, 0.25) is 15.9 Å². The summed E-state index contributed by atoms with van der Waals surface area (Å²) in [6.45, 7) is 5.38. The molecule has 1 saturated carbocycles. The van der Waals surface area contributed by atoms with Crippen LogP contribution in [0.2, 0.25) is 0 Å². The molecule has 2 aliphatic rings. The van der Waals surface area contributed by atoms with Crippen molar-refractivity contribution >= 4 is 15.9 Å². The van der Waals surface area contributed by atoms with Gasteiger partial charge in [-0.05, 0) is 43.9 Å². The van der Waals surface area contributed by atoms with E-state index in [-0.39, 0.29) is 29.4 Å². The van der Waals surface area contributed by atoms with Gasteiger partial charge in [0, 0.05) is 44.2 Å². The minimum absolute atomic E-state index is 0.0370. The number of hydrogen-bond acceptors (Lipinski definition) is 4. The van der Waals surface area contributed by atoms with Crippen LogP contribution in [-0.2, 0) is 21.0 Å². The Bertz CT molecular complexity index is 885. The van der Waals surface area contributed by atoms with Gasteiger partial charge in [0.1, 0.15) is 0 Å². The molecule has 0 bridgehead atoms. The van der Waals surface area contributed by atoms with E-state index in [9.17, 15) is 26.4 Å². The largest absolute Gasteiger partial charge is 0.416 e. The summed E-state index contributed by atoms with van der Waals surface area (Å²) in [5.41, 5.74) is -0.984. The van der Waals surface area contributed by atoms with Crippen molar-refractivity contribution in [2.24, 2.45) is 0 Å². The number of carbonyl (C=O) groups is 1. The van der Waals surface area contributed by atoms with Gasteiger partial charge in [-0.15, -0.1) is 0 Å². The second kappa shape index (κ2) is 9.46. The molecular formula is C21H30F3N3O3S. The first-order valence-electron chi connectivity index (χ1n) is 10.7. The van der Waals surface area contributed by atoms with Crippen molar-refractivity contribution in [3.05, 3.63) is 29.8 Å². The van der Waals surface area contributed by atoms with Gasteiger partial charge in [-0.25, -0.2) is 8.42 Å². The highest BCUT2D eigenvalue weighted by molar-refractivity contribution is 7.89. The molecule has 174 valence electrons. The molecule has 2 fully saturated rings. The summed E-state index contributed by atoms with van der Waals surface area (Å²) in [4.78, 5) is 13.9. The van der Waals surface area contributed by atoms with Crippen LogP contribution in [0.1, 0.15) is 51.5 Å². The van der Waals surface area contributed by atoms with Crippen LogP contribution >= 0.6 is 0 Å². The molecule has 0 aromatic heterocycles. The zero-order valence-corrected chi connectivity index (χ0v) is 18.7. The first-order chi connectivity index (χ1) is 14.5. The number of halogens is 3. The Morgan fingerprint density at radius 2 is 1.94 bits per heavy atom. The Balaban J connectivity index is 1.78. The Labute approximate surface area is 181 Å². The van der Waals surface area contributed by atoms with E-state index in [4.69, 9.17) is 0 Å². The minimum Gasteiger partial charge on any atom is -0.341 e. The number of carbonyl (C=O) groups excluding carboxylic acids is 1. The van der Waals surface area contributed by atoms with Crippen LogP contribution in [0.15, 0.2) is 29.2 Å². The summed E-state index contributed by atoms with van der Waals surface area (Å²) in [5, 5.41) is 3.20. The third-order valence-electron chi connectivity index (χ3n) is 5.64. The number of likely N-dealkylation sites (tertiary alicyclic amines) is 1. The van der Waals surface area contributed by atoms with Gasteiger partial charge >= 0.3 is 6.18 Å². The van der Waals surface area contributed by atoms with Gasteiger partial charge in [-0.1, -0.05) is 19.9 Å². The normalized spacial score (nSPS) is 20.5. The SMILES string of the molecule is CC(C)NCCC(=O)N1CCCC(N(C2CC2)S(=O)(=O)c2cccc(C(F)(F)F)c2)C1. The quantitative estimate of drug-likeness (QED) is 0.645. The molecule has 3 rings (SSSR count). The van der Waals surface area contributed by atoms with E-state index in [0.717, 1.165) is 12.1 Å². The Hall–Kier alpha value is -1.65. The van der Waals surface area contributed by atoms with Crippen LogP contribution < -0.4 is 5.32 Å². The number of piperidine rings is 1. The fraction of sp³-hybridized carbons (Fsp3) is 0.667. The van der Waals surface area contributed by atoms with Crippen LogP contribution in [0.4, 0.5) is 13.2 Å². The van der Waals surface area contributed by atoms with Gasteiger partial charge < -0.3 is 10.2 Å². The molecule has 0 radical (unpaired) electrons. The van der Waals surface area contributed by atoms with Crippen molar-refractivity contribution in [1.82, 2.24) is 14.5 Å². The lowest BCUT2D eigenvalue weighted by molar-refractivity contribution is -0.137. The lowest BCUT2D eigenvalue weighted by atomic mass is 10.1. The fourth-order valence-corrected chi connectivity index (χ4v) is 5.93. The van der Waals surface area contributed by atoms with Crippen LogP contribution in [0, 0.1) is 0 Å². The lowest BCUT2D eigenvalue weighted by Crippen LogP contribution is -2.52. The van der Waals surface area contributed by atoms with Gasteiger partial charge in [-0.3, -0.25) is 4.79 Å². The number of nitrogens with zero attached hydrogens (tertiary/aromatic N) is 2. The predicted octanol–water partition coefficient (Wildman–Crippen LogP) is 3.24. The molecule has 1 aromatic rings. The standard InChI is InChI=1S/C21H30F3N3O3S/c1-15(2)25-11-10-20(28)26-12-4-6-18(14-26)27(17-8-9-17)31(29,30)19-7-3-5-16(13-19)21(22,23)24/h3,5,7,13,15,17-18,25H,4,6,8-12,14H2,1-2H3. The monoisotopic (exact) mass is 461 g/mol. The van der Waals surface area contributed by atoms with E-state index in [2.05, 4.69) is 5.32 Å². The van der Waals surface area contributed by atoms with Crippen molar-refractivity contribution in [3.63, 3.8) is 0 Å². The number of benzene rings is 1. The number of hydrogen-bond donors (Lipinski definition) is 1. The summed E-state index contributed by atoms with van der Waals surface area (Å²) in [6.07, 6.45) is -1.68. The van der Waals surface area contributed by atoms with Gasteiger partial charge in [-0.2, -0.15) is 17.5 Å². The lowest BCUT2D eigenvalue weighted by Gasteiger charge is -2.39. The molecule has 1 N–H and O–H groups in total. The summed E-state index contributed by atoms with van der Waals surface area (Å²) in [7, 11) is -4.11. The maximum Gasteiger partial charge on any atom is 0.416 e. The maximum absolute atomic E-state index is 13.4. The second-order valence-corrected chi connectivity index (χ2v) is 10.4. The molecule has 10 heteroatoms. The van der Waals surface area contributed by atoms with Crippen molar-refractivity contribution in [2.75, 3.05) is 19.6 Å². The highest BCUT2D eigenvalue weighted by Gasteiger charge is 2.44. The summed E-state index contributed by atoms with van der Waals surface area (Å²) < 4.78 is 67.4. The van der Waals surface area contributed by atoms with Crippen LogP contribution in [-0.4, -0.2) is 61.3 Å². The van der Waals surface area contributed by atoms with Crippen molar-refractivity contribution in [1.29, 1.82) is 0 Å². The van der Waals surface area contributed by atoms with E-state index in [0.29, 0.717) is 51.3 Å². The number of alkyl halides is 3. The summed E-state index contributed by atoms with van der Waals surface area (Å²) in [5.74, 6) is -0.0370. The Morgan fingerprint density at radius 1 is 1.23 bits per heavy atom. The Morgan fingerprint density at radius 3 is 2.55 bits per heavy atom. The molecule has 6 nitrogen and oxygen atoms in total. The summed E-state index contributed by atoms with van der Waals surface area (Å²) in [6, 6.07) is 3.53. The van der Waals surface area contributed by atoms with Crippen molar-refractivity contribution in [2.45, 2.75) is 75.1 Å². The molecule has 0 spiro atoms. The van der Waals surface area contributed by atoms with E-state index in [1.165, 1.54) is 10.4 Å². The average molecular weight is 462 g/mol. The second-order valence-electron chi connectivity index (χ2n) is 8.59. The Kier molecular flexibility index (Phi) is 7.32. The first kappa shape index (κ1) is 24.0. The molecule has 1 aliphatic heterocycles. The highest BCUT2D eigenvalue weighted by atomic mass is 32.2. The van der Waals surface area contributed by atoms with Crippen LogP contribution in [0.3, 0.4) is 0 Å². The predicted molar refractivity (Wildman–Crippen MR) is 111 cm³/mol. The first-order valence-corrected chi connectivity index (χ1v) is 12.2. The van der Waals surface area contributed by atoms with Gasteiger partial charge in [0.15, 0.2) is 0 Å². The molecule has 1 atom stereocenters. The van der Waals surface area contributed by atoms with E-state index < -0.39 is 27.8 Å². The zero-order valence-electron chi connectivity index (χ0n) is 17.9. The zero-order chi connectivity index (χ0) is 22.8. The molecule has 1 amide bonds. The van der Waals surface area contributed by atoms with E-state index >= 15 is 0 Å². The van der Waals surface area contributed by atoms with Crippen LogP contribution in [0.5, 0.6) is 0 Å². The average Bonchev–Trinajstić information content (AvgIpc) is 3.52. The molecule has 1 heterocycles. The molecular weight excluding hydrogens is 431 g/mol. The van der Waals surface area contributed by atoms with Gasteiger partial charge in [0.25, 0.3) is 0 Å². The van der Waals surface area contributed by atoms with Gasteiger partial charge in [0.05, 0.1) is 10.5 Å². The highest BCUT2D eigenvalue weighted by Crippen LogP contribution is 2.38. The van der Waals surface area contributed by atoms with E-state index in [1.54, 1.807) is 4.90 Å². The smallest absolute Gasteiger partial charge is 0.341 e. The van der Waals surface area contributed by atoms with Crippen molar-refractivity contribution in [3.8, 4) is 0 Å². The fourth-order valence-electron chi connectivity index (χ4n) is 3.99.